The maximum absolute atomic E-state index is 9.10. The number of likely N-dealkylation sites (tertiary alicyclic amines) is 1. The number of nitrogens with zero attached hydrogens (tertiary/aromatic N) is 3. The van der Waals surface area contributed by atoms with E-state index in [0.29, 0.717) is 6.79 Å². The van der Waals surface area contributed by atoms with E-state index in [1.54, 1.807) is 0 Å². The number of hydrogen-bond donors (Lipinski definition) is 2. The minimum Gasteiger partial charge on any atom is -0.473 e. The van der Waals surface area contributed by atoms with Gasteiger partial charge >= 0.3 is 11.9 Å². The van der Waals surface area contributed by atoms with Gasteiger partial charge in [0.15, 0.2) is 11.5 Å². The van der Waals surface area contributed by atoms with Crippen LogP contribution in [0.3, 0.4) is 0 Å². The molecule has 9 heteroatoms. The topological polar surface area (TPSA) is 103 Å². The first kappa shape index (κ1) is 23.8. The van der Waals surface area contributed by atoms with Gasteiger partial charge in [-0.05, 0) is 55.8 Å². The van der Waals surface area contributed by atoms with E-state index >= 15 is 0 Å². The number of carbonyl (C=O) groups is 2. The quantitative estimate of drug-likeness (QED) is 0.653. The van der Waals surface area contributed by atoms with Crippen LogP contribution in [0.4, 0.5) is 5.69 Å². The minimum atomic E-state index is -1.82. The lowest BCUT2D eigenvalue weighted by molar-refractivity contribution is -0.159. The molecule has 3 heterocycles. The highest BCUT2D eigenvalue weighted by Crippen LogP contribution is 2.33. The molecule has 0 amide bonds. The van der Waals surface area contributed by atoms with E-state index in [4.69, 9.17) is 29.3 Å². The molecule has 3 aliphatic heterocycles. The standard InChI is InChI=1S/C23H29N3O2.C2H2O4/c1-2-4-20(5-3-1)25-12-14-26(15-13-25)21-8-10-24(11-9-21)17-19-6-7-22-23(16-19)28-18-27-22;3-1(4)2(5)6/h1-7,16,21H,8-15,17-18H2;(H,3,4)(H,5,6). The fourth-order valence-corrected chi connectivity index (χ4v) is 4.72. The van der Waals surface area contributed by atoms with Crippen molar-refractivity contribution in [1.82, 2.24) is 9.80 Å². The molecular formula is C25H31N3O6. The molecule has 2 fully saturated rings. The highest BCUT2D eigenvalue weighted by Gasteiger charge is 2.27. The summed E-state index contributed by atoms with van der Waals surface area (Å²) in [5, 5.41) is 14.8. The van der Waals surface area contributed by atoms with Gasteiger partial charge in [0.25, 0.3) is 0 Å². The Hall–Kier alpha value is -3.30. The zero-order valence-electron chi connectivity index (χ0n) is 19.1. The largest absolute Gasteiger partial charge is 0.473 e. The number of piperidine rings is 1. The van der Waals surface area contributed by atoms with Crippen LogP contribution in [-0.2, 0) is 16.1 Å². The highest BCUT2D eigenvalue weighted by atomic mass is 16.7. The third kappa shape index (κ3) is 6.18. The molecule has 0 aliphatic carbocycles. The Balaban J connectivity index is 0.000000408. The number of benzene rings is 2. The number of hydrogen-bond acceptors (Lipinski definition) is 7. The molecule has 2 aromatic rings. The van der Waals surface area contributed by atoms with Crippen molar-refractivity contribution in [3.63, 3.8) is 0 Å². The van der Waals surface area contributed by atoms with Gasteiger partial charge < -0.3 is 24.6 Å². The molecule has 3 aliphatic rings. The molecule has 0 atom stereocenters. The fourth-order valence-electron chi connectivity index (χ4n) is 4.72. The maximum Gasteiger partial charge on any atom is 0.414 e. The number of carboxylic acids is 2. The molecule has 0 unspecified atom stereocenters. The van der Waals surface area contributed by atoms with Crippen LogP contribution >= 0.6 is 0 Å². The SMILES string of the molecule is O=C(O)C(=O)O.c1ccc(N2CCN(C3CCN(Cc4ccc5c(c4)OCO5)CC3)CC2)cc1. The predicted octanol–water partition coefficient (Wildman–Crippen LogP) is 2.36. The third-order valence-corrected chi connectivity index (χ3v) is 6.54. The minimum absolute atomic E-state index is 0.349. The molecule has 0 spiro atoms. The van der Waals surface area contributed by atoms with Crippen molar-refractivity contribution >= 4 is 17.6 Å². The van der Waals surface area contributed by atoms with Crippen LogP contribution in [0.1, 0.15) is 18.4 Å². The summed E-state index contributed by atoms with van der Waals surface area (Å²) in [6.45, 7) is 8.36. The highest BCUT2D eigenvalue weighted by molar-refractivity contribution is 6.27. The van der Waals surface area contributed by atoms with Gasteiger partial charge in [-0.25, -0.2) is 9.59 Å². The summed E-state index contributed by atoms with van der Waals surface area (Å²) in [7, 11) is 0. The van der Waals surface area contributed by atoms with Crippen molar-refractivity contribution in [2.24, 2.45) is 0 Å². The lowest BCUT2D eigenvalue weighted by Crippen LogP contribution is -2.53. The van der Waals surface area contributed by atoms with Crippen molar-refractivity contribution in [1.29, 1.82) is 0 Å². The van der Waals surface area contributed by atoms with Gasteiger partial charge in [-0.3, -0.25) is 9.80 Å². The molecule has 2 aromatic carbocycles. The number of anilines is 1. The summed E-state index contributed by atoms with van der Waals surface area (Å²) in [6.07, 6.45) is 2.55. The zero-order valence-corrected chi connectivity index (χ0v) is 19.1. The monoisotopic (exact) mass is 469 g/mol. The molecule has 0 bridgehead atoms. The van der Waals surface area contributed by atoms with Crippen LogP contribution < -0.4 is 14.4 Å². The number of aliphatic carboxylic acids is 2. The number of carboxylic acid groups (broad SMARTS) is 2. The van der Waals surface area contributed by atoms with Crippen LogP contribution in [-0.4, -0.2) is 84.1 Å². The number of ether oxygens (including phenoxy) is 2. The number of rotatable bonds is 4. The molecule has 9 nitrogen and oxygen atoms in total. The Kier molecular flexibility index (Phi) is 7.87. The fraction of sp³-hybridized carbons (Fsp3) is 0.440. The molecular weight excluding hydrogens is 438 g/mol. The van der Waals surface area contributed by atoms with E-state index in [2.05, 4.69) is 57.2 Å². The molecule has 2 N–H and O–H groups in total. The van der Waals surface area contributed by atoms with Gasteiger partial charge in [0.05, 0.1) is 0 Å². The van der Waals surface area contributed by atoms with Crippen molar-refractivity contribution in [3.8, 4) is 11.5 Å². The zero-order chi connectivity index (χ0) is 23.9. The maximum atomic E-state index is 9.10. The molecule has 182 valence electrons. The molecule has 34 heavy (non-hydrogen) atoms. The molecule has 5 rings (SSSR count). The Bertz CT molecular complexity index is 958. The van der Waals surface area contributed by atoms with Gasteiger partial charge in [0.2, 0.25) is 6.79 Å². The van der Waals surface area contributed by atoms with Crippen molar-refractivity contribution < 1.29 is 29.3 Å². The van der Waals surface area contributed by atoms with E-state index in [9.17, 15) is 0 Å². The number of fused-ring (bicyclic) bond motifs is 1. The average molecular weight is 470 g/mol. The second-order valence-electron chi connectivity index (χ2n) is 8.66. The van der Waals surface area contributed by atoms with Gasteiger partial charge in [-0.1, -0.05) is 24.3 Å². The van der Waals surface area contributed by atoms with E-state index in [1.165, 1.54) is 50.3 Å². The third-order valence-electron chi connectivity index (χ3n) is 6.54. The summed E-state index contributed by atoms with van der Waals surface area (Å²) in [5.74, 6) is -1.88. The lowest BCUT2D eigenvalue weighted by atomic mass is 10.0. The van der Waals surface area contributed by atoms with E-state index in [1.807, 2.05) is 6.07 Å². The van der Waals surface area contributed by atoms with E-state index < -0.39 is 11.9 Å². The van der Waals surface area contributed by atoms with E-state index in [-0.39, 0.29) is 0 Å². The van der Waals surface area contributed by atoms with Crippen molar-refractivity contribution in [3.05, 3.63) is 54.1 Å². The van der Waals surface area contributed by atoms with Gasteiger partial charge in [0, 0.05) is 44.5 Å². The Morgan fingerprint density at radius 2 is 1.47 bits per heavy atom. The summed E-state index contributed by atoms with van der Waals surface area (Å²) >= 11 is 0. The summed E-state index contributed by atoms with van der Waals surface area (Å²) in [4.78, 5) is 26.0. The smallest absolute Gasteiger partial charge is 0.414 e. The van der Waals surface area contributed by atoms with E-state index in [0.717, 1.165) is 37.2 Å². The predicted molar refractivity (Wildman–Crippen MR) is 126 cm³/mol. The number of piperazine rings is 1. The van der Waals surface area contributed by atoms with Crippen LogP contribution in [0.25, 0.3) is 0 Å². The second-order valence-corrected chi connectivity index (χ2v) is 8.66. The van der Waals surface area contributed by atoms with Crippen LogP contribution in [0.2, 0.25) is 0 Å². The molecule has 2 saturated heterocycles. The normalized spacial score (nSPS) is 18.8. The first-order valence-electron chi connectivity index (χ1n) is 11.6. The first-order valence-corrected chi connectivity index (χ1v) is 11.6. The Labute approximate surface area is 199 Å². The second kappa shape index (κ2) is 11.2. The number of para-hydroxylation sites is 1. The molecule has 0 aromatic heterocycles. The van der Waals surface area contributed by atoms with Gasteiger partial charge in [0.1, 0.15) is 0 Å². The van der Waals surface area contributed by atoms with Crippen LogP contribution in [0, 0.1) is 0 Å². The first-order chi connectivity index (χ1) is 16.5. The van der Waals surface area contributed by atoms with Crippen molar-refractivity contribution in [2.45, 2.75) is 25.4 Å². The van der Waals surface area contributed by atoms with Gasteiger partial charge in [-0.2, -0.15) is 0 Å². The van der Waals surface area contributed by atoms with Crippen LogP contribution in [0.5, 0.6) is 11.5 Å². The summed E-state index contributed by atoms with van der Waals surface area (Å²) in [5.41, 5.74) is 2.68. The average Bonchev–Trinajstić information content (AvgIpc) is 3.34. The Morgan fingerprint density at radius 1 is 0.824 bits per heavy atom. The summed E-state index contributed by atoms with van der Waals surface area (Å²) in [6, 6.07) is 17.9. The van der Waals surface area contributed by atoms with Crippen molar-refractivity contribution in [2.75, 3.05) is 51.0 Å². The molecule has 0 saturated carbocycles. The Morgan fingerprint density at radius 3 is 2.12 bits per heavy atom. The molecule has 0 radical (unpaired) electrons. The van der Waals surface area contributed by atoms with Crippen LogP contribution in [0.15, 0.2) is 48.5 Å². The lowest BCUT2D eigenvalue weighted by Gasteiger charge is -2.43. The van der Waals surface area contributed by atoms with Gasteiger partial charge in [-0.15, -0.1) is 0 Å². The summed E-state index contributed by atoms with van der Waals surface area (Å²) < 4.78 is 10.9.